The second-order valence-electron chi connectivity index (χ2n) is 8.82. The third-order valence-electron chi connectivity index (χ3n) is 5.94. The highest BCUT2D eigenvalue weighted by Gasteiger charge is 2.12. The van der Waals surface area contributed by atoms with Gasteiger partial charge >= 0.3 is 0 Å². The molecule has 4 rings (SSSR count). The Morgan fingerprint density at radius 3 is 2.31 bits per heavy atom. The smallest absolute Gasteiger partial charge is 0.231 e. The molecule has 3 aromatic carbocycles. The van der Waals surface area contributed by atoms with Crippen molar-refractivity contribution in [3.63, 3.8) is 0 Å². The van der Waals surface area contributed by atoms with Gasteiger partial charge in [-0.15, -0.1) is 12.4 Å². The van der Waals surface area contributed by atoms with Gasteiger partial charge in [-0.1, -0.05) is 72.8 Å². The average molecular weight is 505 g/mol. The zero-order valence-corrected chi connectivity index (χ0v) is 21.2. The fourth-order valence-corrected chi connectivity index (χ4v) is 4.04. The zero-order chi connectivity index (χ0) is 24.5. The lowest BCUT2D eigenvalue weighted by Crippen LogP contribution is -2.32. The minimum atomic E-state index is -0.528. The Hall–Kier alpha value is -3.45. The van der Waals surface area contributed by atoms with Gasteiger partial charge in [-0.2, -0.15) is 0 Å². The number of hydrogen-bond donors (Lipinski definition) is 3. The lowest BCUT2D eigenvalue weighted by Gasteiger charge is -2.18. The lowest BCUT2D eigenvalue weighted by atomic mass is 10.1. The Kier molecular flexibility index (Phi) is 10.2. The van der Waals surface area contributed by atoms with E-state index in [0.717, 1.165) is 29.1 Å². The molecule has 7 heteroatoms. The van der Waals surface area contributed by atoms with Crippen molar-refractivity contribution in [1.29, 1.82) is 0 Å². The first-order valence-corrected chi connectivity index (χ1v) is 12.0. The highest BCUT2D eigenvalue weighted by molar-refractivity contribution is 5.91. The average Bonchev–Trinajstić information content (AvgIpc) is 3.31. The van der Waals surface area contributed by atoms with Crippen LogP contribution in [0.25, 0.3) is 0 Å². The number of anilines is 1. The van der Waals surface area contributed by atoms with Gasteiger partial charge in [0.15, 0.2) is 0 Å². The Balaban J connectivity index is 0.00000361. The summed E-state index contributed by atoms with van der Waals surface area (Å²) in [6, 6.07) is 27.9. The van der Waals surface area contributed by atoms with Crippen LogP contribution in [0.1, 0.15) is 35.5 Å². The van der Waals surface area contributed by atoms with Gasteiger partial charge in [0.05, 0.1) is 12.5 Å². The summed E-state index contributed by atoms with van der Waals surface area (Å²) in [5, 5.41) is 16.7. The number of benzene rings is 3. The standard InChI is InChI=1S/C29H32N4O2.ClH/c1-22(31-20-27(34)25-10-6-3-7-11-25)18-23-12-14-26(15-13-23)32-29(35)19-28-30-16-17-33(28)21-24-8-4-2-5-9-24;/h2-17,22,27,31,34H,18-21H2,1H3,(H,32,35);1H/t22-,27+;/m0./s1. The van der Waals surface area contributed by atoms with E-state index >= 15 is 0 Å². The van der Waals surface area contributed by atoms with Crippen molar-refractivity contribution in [2.75, 3.05) is 11.9 Å². The van der Waals surface area contributed by atoms with E-state index in [9.17, 15) is 9.90 Å². The number of carbonyl (C=O) groups excluding carboxylic acids is 1. The molecule has 0 aliphatic heterocycles. The van der Waals surface area contributed by atoms with E-state index in [-0.39, 0.29) is 30.8 Å². The number of amides is 1. The molecular formula is C29H33ClN4O2. The Labute approximate surface area is 218 Å². The van der Waals surface area contributed by atoms with E-state index in [2.05, 4.69) is 34.7 Å². The SMILES string of the molecule is C[C@@H](Cc1ccc(NC(=O)Cc2nccn2Cc2ccccc2)cc1)NC[C@@H](O)c1ccccc1.Cl. The second-order valence-corrected chi connectivity index (χ2v) is 8.82. The van der Waals surface area contributed by atoms with Gasteiger partial charge in [-0.25, -0.2) is 4.98 Å². The molecule has 1 aromatic heterocycles. The number of halogens is 1. The van der Waals surface area contributed by atoms with Crippen molar-refractivity contribution in [2.24, 2.45) is 0 Å². The minimum Gasteiger partial charge on any atom is -0.387 e. The summed E-state index contributed by atoms with van der Waals surface area (Å²) < 4.78 is 2.00. The van der Waals surface area contributed by atoms with Gasteiger partial charge < -0.3 is 20.3 Å². The zero-order valence-electron chi connectivity index (χ0n) is 20.4. The molecule has 3 N–H and O–H groups in total. The largest absolute Gasteiger partial charge is 0.387 e. The minimum absolute atomic E-state index is 0. The van der Waals surface area contributed by atoms with Crippen LogP contribution in [-0.4, -0.2) is 33.2 Å². The Bertz CT molecular complexity index is 1200. The van der Waals surface area contributed by atoms with Crippen molar-refractivity contribution in [3.05, 3.63) is 120 Å². The Morgan fingerprint density at radius 1 is 0.944 bits per heavy atom. The predicted molar refractivity (Wildman–Crippen MR) is 146 cm³/mol. The quantitative estimate of drug-likeness (QED) is 0.274. The molecular weight excluding hydrogens is 472 g/mol. The van der Waals surface area contributed by atoms with E-state index in [1.54, 1.807) is 6.20 Å². The van der Waals surface area contributed by atoms with Crippen LogP contribution in [0, 0.1) is 0 Å². The number of carbonyl (C=O) groups is 1. The van der Waals surface area contributed by atoms with E-state index in [4.69, 9.17) is 0 Å². The van der Waals surface area contributed by atoms with Crippen LogP contribution in [0.2, 0.25) is 0 Å². The second kappa shape index (κ2) is 13.6. The van der Waals surface area contributed by atoms with Crippen molar-refractivity contribution >= 4 is 24.0 Å². The van der Waals surface area contributed by atoms with Crippen LogP contribution in [0.4, 0.5) is 5.69 Å². The molecule has 0 radical (unpaired) electrons. The molecule has 6 nitrogen and oxygen atoms in total. The monoisotopic (exact) mass is 504 g/mol. The summed E-state index contributed by atoms with van der Waals surface area (Å²) in [5.74, 6) is 0.642. The molecule has 0 fully saturated rings. The molecule has 0 unspecified atom stereocenters. The van der Waals surface area contributed by atoms with Crippen molar-refractivity contribution < 1.29 is 9.90 Å². The first kappa shape index (κ1) is 27.1. The summed E-state index contributed by atoms with van der Waals surface area (Å²) in [6.07, 6.45) is 4.14. The van der Waals surface area contributed by atoms with E-state index < -0.39 is 6.10 Å². The van der Waals surface area contributed by atoms with Gasteiger partial charge in [-0.3, -0.25) is 4.79 Å². The fourth-order valence-electron chi connectivity index (χ4n) is 4.04. The molecule has 0 aliphatic rings. The molecule has 2 atom stereocenters. The van der Waals surface area contributed by atoms with Gasteiger partial charge in [-0.05, 0) is 42.2 Å². The maximum absolute atomic E-state index is 12.6. The normalized spacial score (nSPS) is 12.4. The fraction of sp³-hybridized carbons (Fsp3) is 0.241. The third-order valence-corrected chi connectivity index (χ3v) is 5.94. The topological polar surface area (TPSA) is 79.2 Å². The summed E-state index contributed by atoms with van der Waals surface area (Å²) in [4.78, 5) is 17.0. The molecule has 0 saturated carbocycles. The summed E-state index contributed by atoms with van der Waals surface area (Å²) >= 11 is 0. The number of imidazole rings is 1. The van der Waals surface area contributed by atoms with Crippen molar-refractivity contribution in [2.45, 2.75) is 38.5 Å². The summed E-state index contributed by atoms with van der Waals surface area (Å²) in [7, 11) is 0. The highest BCUT2D eigenvalue weighted by atomic mass is 35.5. The molecule has 0 bridgehead atoms. The van der Waals surface area contributed by atoms with Crippen molar-refractivity contribution in [3.8, 4) is 0 Å². The number of nitrogens with one attached hydrogen (secondary N) is 2. The summed E-state index contributed by atoms with van der Waals surface area (Å²) in [5.41, 5.74) is 4.01. The van der Waals surface area contributed by atoms with Gasteiger partial charge in [0, 0.05) is 37.2 Å². The van der Waals surface area contributed by atoms with Gasteiger partial charge in [0.1, 0.15) is 5.82 Å². The van der Waals surface area contributed by atoms with Crippen LogP contribution in [0.5, 0.6) is 0 Å². The first-order valence-electron chi connectivity index (χ1n) is 12.0. The van der Waals surface area contributed by atoms with Gasteiger partial charge in [0.2, 0.25) is 5.91 Å². The van der Waals surface area contributed by atoms with Gasteiger partial charge in [0.25, 0.3) is 0 Å². The third kappa shape index (κ3) is 8.05. The van der Waals surface area contributed by atoms with E-state index in [1.165, 1.54) is 5.56 Å². The first-order chi connectivity index (χ1) is 17.1. The van der Waals surface area contributed by atoms with Crippen LogP contribution in [0.15, 0.2) is 97.3 Å². The maximum atomic E-state index is 12.6. The highest BCUT2D eigenvalue weighted by Crippen LogP contribution is 2.14. The maximum Gasteiger partial charge on any atom is 0.231 e. The molecule has 0 saturated heterocycles. The Morgan fingerprint density at radius 2 is 1.61 bits per heavy atom. The molecule has 0 aliphatic carbocycles. The molecule has 1 amide bonds. The van der Waals surface area contributed by atoms with E-state index in [1.807, 2.05) is 83.6 Å². The number of aliphatic hydroxyl groups excluding tert-OH is 1. The molecule has 1 heterocycles. The van der Waals surface area contributed by atoms with Crippen LogP contribution >= 0.6 is 12.4 Å². The number of aliphatic hydroxyl groups is 1. The van der Waals surface area contributed by atoms with Crippen LogP contribution in [-0.2, 0) is 24.2 Å². The van der Waals surface area contributed by atoms with E-state index in [0.29, 0.717) is 13.1 Å². The summed E-state index contributed by atoms with van der Waals surface area (Å²) in [6.45, 7) is 3.29. The number of nitrogens with zero attached hydrogens (tertiary/aromatic N) is 2. The molecule has 188 valence electrons. The molecule has 4 aromatic rings. The lowest BCUT2D eigenvalue weighted by molar-refractivity contribution is -0.115. The van der Waals surface area contributed by atoms with Crippen LogP contribution < -0.4 is 10.6 Å². The van der Waals surface area contributed by atoms with Crippen molar-refractivity contribution in [1.82, 2.24) is 14.9 Å². The molecule has 36 heavy (non-hydrogen) atoms. The predicted octanol–water partition coefficient (Wildman–Crippen LogP) is 4.79. The molecule has 0 spiro atoms. The number of rotatable bonds is 11. The van der Waals surface area contributed by atoms with Crippen LogP contribution in [0.3, 0.4) is 0 Å². The number of aromatic nitrogens is 2. The number of hydrogen-bond acceptors (Lipinski definition) is 4.